The maximum absolute atomic E-state index is 9.89. The van der Waals surface area contributed by atoms with Crippen LogP contribution in [0.1, 0.15) is 32.1 Å². The van der Waals surface area contributed by atoms with Crippen LogP contribution in [0.4, 0.5) is 0 Å². The molecule has 4 rings (SSSR count). The first-order chi connectivity index (χ1) is 5.66. The van der Waals surface area contributed by atoms with E-state index in [1.165, 1.54) is 19.3 Å². The molecule has 0 aliphatic heterocycles. The first-order valence-electron chi connectivity index (χ1n) is 5.13. The Bertz CT molecular complexity index is 200. The molecule has 4 saturated carbocycles. The van der Waals surface area contributed by atoms with Crippen molar-refractivity contribution in [1.29, 1.82) is 0 Å². The summed E-state index contributed by atoms with van der Waals surface area (Å²) in [6.45, 7) is 0. The zero-order valence-electron chi connectivity index (χ0n) is 7.37. The summed E-state index contributed by atoms with van der Waals surface area (Å²) in [5.41, 5.74) is 6.39. The zero-order chi connectivity index (χ0) is 8.34. The molecular formula is C10H17NO. The van der Waals surface area contributed by atoms with Crippen LogP contribution in [0.3, 0.4) is 0 Å². The van der Waals surface area contributed by atoms with Gasteiger partial charge >= 0.3 is 0 Å². The summed E-state index contributed by atoms with van der Waals surface area (Å²) in [4.78, 5) is 0. The highest BCUT2D eigenvalue weighted by Crippen LogP contribution is 2.54. The summed E-state index contributed by atoms with van der Waals surface area (Å²) in [7, 11) is 0. The van der Waals surface area contributed by atoms with Crippen LogP contribution < -0.4 is 5.73 Å². The van der Waals surface area contributed by atoms with Gasteiger partial charge in [-0.25, -0.2) is 0 Å². The molecular weight excluding hydrogens is 150 g/mol. The molecule has 3 N–H and O–H groups in total. The van der Waals surface area contributed by atoms with E-state index in [-0.39, 0.29) is 11.6 Å². The Hall–Kier alpha value is -0.0800. The smallest absolute Gasteiger partial charge is 0.0598 e. The third kappa shape index (κ3) is 0.826. The van der Waals surface area contributed by atoms with Crippen molar-refractivity contribution in [3.63, 3.8) is 0 Å². The average Bonchev–Trinajstić information content (AvgIpc) is 1.96. The van der Waals surface area contributed by atoms with E-state index >= 15 is 0 Å². The molecule has 68 valence electrons. The molecule has 4 bridgehead atoms. The van der Waals surface area contributed by atoms with Crippen LogP contribution >= 0.6 is 0 Å². The van der Waals surface area contributed by atoms with Gasteiger partial charge in [0.05, 0.1) is 6.10 Å². The highest BCUT2D eigenvalue weighted by atomic mass is 16.3. The summed E-state index contributed by atoms with van der Waals surface area (Å²) in [6.07, 6.45) is 5.88. The fraction of sp³-hybridized carbons (Fsp3) is 1.00. The van der Waals surface area contributed by atoms with Gasteiger partial charge in [0.25, 0.3) is 0 Å². The molecule has 2 atom stereocenters. The number of aliphatic hydroxyl groups is 1. The van der Waals surface area contributed by atoms with Gasteiger partial charge in [-0.1, -0.05) is 0 Å². The Labute approximate surface area is 73.1 Å². The van der Waals surface area contributed by atoms with E-state index in [9.17, 15) is 5.11 Å². The SMILES string of the molecule is NC12CC3C[C@H](C1)C(O)[C@H](C3)C2. The Morgan fingerprint density at radius 3 is 2.17 bits per heavy atom. The lowest BCUT2D eigenvalue weighted by Crippen LogP contribution is -2.60. The highest BCUT2D eigenvalue weighted by Gasteiger charge is 2.53. The van der Waals surface area contributed by atoms with Crippen LogP contribution in [0.15, 0.2) is 0 Å². The van der Waals surface area contributed by atoms with Gasteiger partial charge in [0.2, 0.25) is 0 Å². The van der Waals surface area contributed by atoms with Crippen molar-refractivity contribution < 1.29 is 5.11 Å². The van der Waals surface area contributed by atoms with E-state index in [1.807, 2.05) is 0 Å². The summed E-state index contributed by atoms with van der Waals surface area (Å²) in [5, 5.41) is 9.89. The Morgan fingerprint density at radius 1 is 1.08 bits per heavy atom. The minimum absolute atomic E-state index is 0.0155. The molecule has 0 aromatic heterocycles. The third-order valence-electron chi connectivity index (χ3n) is 4.27. The van der Waals surface area contributed by atoms with E-state index in [0.29, 0.717) is 11.8 Å². The molecule has 0 radical (unpaired) electrons. The molecule has 12 heavy (non-hydrogen) atoms. The molecule has 4 aliphatic rings. The van der Waals surface area contributed by atoms with Gasteiger partial charge in [0.1, 0.15) is 0 Å². The van der Waals surface area contributed by atoms with Crippen LogP contribution in [0.25, 0.3) is 0 Å². The van der Waals surface area contributed by atoms with E-state index in [1.54, 1.807) is 0 Å². The molecule has 2 nitrogen and oxygen atoms in total. The second kappa shape index (κ2) is 2.05. The standard InChI is InChI=1S/C10H17NO/c11-10-3-6-1-7(4-10)9(12)8(2-6)5-10/h6-9,12H,1-5,11H2/t6?,7-,8-,9?,10?/m1/s1. The first-order valence-corrected chi connectivity index (χ1v) is 5.13. The molecule has 0 spiro atoms. The Kier molecular flexibility index (Phi) is 1.25. The van der Waals surface area contributed by atoms with E-state index < -0.39 is 0 Å². The highest BCUT2D eigenvalue weighted by molar-refractivity contribution is 5.07. The average molecular weight is 167 g/mol. The predicted molar refractivity (Wildman–Crippen MR) is 46.5 cm³/mol. The molecule has 0 aromatic carbocycles. The predicted octanol–water partition coefficient (Wildman–Crippen LogP) is 0.885. The molecule has 0 saturated heterocycles. The van der Waals surface area contributed by atoms with Gasteiger partial charge in [-0.3, -0.25) is 0 Å². The fourth-order valence-electron chi connectivity index (χ4n) is 4.06. The second-order valence-electron chi connectivity index (χ2n) is 5.32. The third-order valence-corrected chi connectivity index (χ3v) is 4.27. The molecule has 0 amide bonds. The monoisotopic (exact) mass is 167 g/mol. The lowest BCUT2D eigenvalue weighted by Gasteiger charge is -2.57. The van der Waals surface area contributed by atoms with Crippen molar-refractivity contribution in [3.8, 4) is 0 Å². The van der Waals surface area contributed by atoms with Gasteiger partial charge < -0.3 is 10.8 Å². The minimum atomic E-state index is -0.0155. The lowest BCUT2D eigenvalue weighted by molar-refractivity contribution is -0.102. The number of hydrogen-bond donors (Lipinski definition) is 2. The van der Waals surface area contributed by atoms with Gasteiger partial charge in [-0.05, 0) is 49.9 Å². The Morgan fingerprint density at radius 2 is 1.67 bits per heavy atom. The summed E-state index contributed by atoms with van der Waals surface area (Å²) < 4.78 is 0. The van der Waals surface area contributed by atoms with Crippen molar-refractivity contribution >= 4 is 0 Å². The Balaban J connectivity index is 1.95. The van der Waals surface area contributed by atoms with Crippen LogP contribution in [0.2, 0.25) is 0 Å². The zero-order valence-corrected chi connectivity index (χ0v) is 7.37. The molecule has 0 aromatic rings. The van der Waals surface area contributed by atoms with Crippen LogP contribution in [0.5, 0.6) is 0 Å². The molecule has 0 unspecified atom stereocenters. The molecule has 4 fully saturated rings. The van der Waals surface area contributed by atoms with Gasteiger partial charge in [0.15, 0.2) is 0 Å². The minimum Gasteiger partial charge on any atom is -0.393 e. The van der Waals surface area contributed by atoms with Crippen molar-refractivity contribution in [2.75, 3.05) is 0 Å². The first kappa shape index (κ1) is 7.34. The van der Waals surface area contributed by atoms with Gasteiger partial charge in [-0.2, -0.15) is 0 Å². The van der Waals surface area contributed by atoms with Crippen LogP contribution in [0, 0.1) is 17.8 Å². The summed E-state index contributed by atoms with van der Waals surface area (Å²) >= 11 is 0. The van der Waals surface area contributed by atoms with E-state index in [4.69, 9.17) is 5.73 Å². The number of nitrogens with two attached hydrogens (primary N) is 1. The maximum Gasteiger partial charge on any atom is 0.0598 e. The van der Waals surface area contributed by atoms with Gasteiger partial charge in [0, 0.05) is 5.54 Å². The van der Waals surface area contributed by atoms with Crippen LogP contribution in [-0.4, -0.2) is 16.7 Å². The quantitative estimate of drug-likeness (QED) is 0.562. The lowest BCUT2D eigenvalue weighted by atomic mass is 9.52. The fourth-order valence-corrected chi connectivity index (χ4v) is 4.06. The topological polar surface area (TPSA) is 46.2 Å². The largest absolute Gasteiger partial charge is 0.393 e. The maximum atomic E-state index is 9.89. The number of rotatable bonds is 0. The van der Waals surface area contributed by atoms with Gasteiger partial charge in [-0.15, -0.1) is 0 Å². The van der Waals surface area contributed by atoms with E-state index in [0.717, 1.165) is 18.8 Å². The van der Waals surface area contributed by atoms with Crippen molar-refractivity contribution in [1.82, 2.24) is 0 Å². The van der Waals surface area contributed by atoms with E-state index in [2.05, 4.69) is 0 Å². The number of aliphatic hydroxyl groups excluding tert-OH is 1. The van der Waals surface area contributed by atoms with Crippen molar-refractivity contribution in [3.05, 3.63) is 0 Å². The number of hydrogen-bond acceptors (Lipinski definition) is 2. The summed E-state index contributed by atoms with van der Waals surface area (Å²) in [6, 6.07) is 0. The molecule has 4 aliphatic carbocycles. The molecule has 0 heterocycles. The molecule has 2 heteroatoms. The normalized spacial score (nSPS) is 62.5. The van der Waals surface area contributed by atoms with Crippen molar-refractivity contribution in [2.24, 2.45) is 23.5 Å². The van der Waals surface area contributed by atoms with Crippen molar-refractivity contribution in [2.45, 2.75) is 43.7 Å². The second-order valence-corrected chi connectivity index (χ2v) is 5.32. The van der Waals surface area contributed by atoms with Crippen LogP contribution in [-0.2, 0) is 0 Å². The summed E-state index contributed by atoms with van der Waals surface area (Å²) in [5.74, 6) is 1.93.